The molecular formula is C15H19NSi2. The fraction of sp³-hybridized carbons (Fsp3) is 0.267. The number of fused-ring (bicyclic) bond motifs is 1. The topological polar surface area (TPSA) is 12.4 Å². The zero-order valence-electron chi connectivity index (χ0n) is 11.5. The van der Waals surface area contributed by atoms with Crippen LogP contribution in [0.4, 0.5) is 0 Å². The summed E-state index contributed by atoms with van der Waals surface area (Å²) in [6, 6.07) is 15.2. The number of nitrogens with zero attached hydrogens (tertiary/aromatic N) is 1. The number of hydrogen-bond acceptors (Lipinski definition) is 1. The summed E-state index contributed by atoms with van der Waals surface area (Å²) in [6.45, 7) is 9.16. The van der Waals surface area contributed by atoms with Crippen LogP contribution in [0, 0.1) is 0 Å². The summed E-state index contributed by atoms with van der Waals surface area (Å²) in [7, 11) is -1.11. The van der Waals surface area contributed by atoms with Crippen molar-refractivity contribution in [1.29, 1.82) is 0 Å². The molecule has 2 aromatic carbocycles. The molecule has 2 aromatic rings. The molecule has 3 heteroatoms. The van der Waals surface area contributed by atoms with Gasteiger partial charge >= 0.3 is 0 Å². The monoisotopic (exact) mass is 269 g/mol. The first-order chi connectivity index (χ1) is 8.59. The summed E-state index contributed by atoms with van der Waals surface area (Å²) in [5, 5.41) is 4.01. The second kappa shape index (κ2) is 5.63. The normalized spacial score (nSPS) is 12.7. The van der Waals surface area contributed by atoms with Crippen LogP contribution < -0.4 is 0 Å². The van der Waals surface area contributed by atoms with Gasteiger partial charge in [-0.25, -0.2) is 0 Å². The van der Waals surface area contributed by atoms with E-state index in [0.717, 1.165) is 0 Å². The first kappa shape index (κ1) is 13.2. The van der Waals surface area contributed by atoms with Crippen LogP contribution in [0.1, 0.15) is 5.56 Å². The highest BCUT2D eigenvalue weighted by Crippen LogP contribution is 2.20. The minimum atomic E-state index is -0.580. The lowest BCUT2D eigenvalue weighted by molar-refractivity contribution is 1.65. The van der Waals surface area contributed by atoms with E-state index in [1.54, 1.807) is 0 Å². The van der Waals surface area contributed by atoms with Gasteiger partial charge in [-0.2, -0.15) is 0 Å². The Hall–Kier alpha value is -1.20. The molecule has 0 atom stereocenters. The fourth-order valence-electron chi connectivity index (χ4n) is 2.10. The second-order valence-electron chi connectivity index (χ2n) is 4.93. The molecule has 92 valence electrons. The van der Waals surface area contributed by atoms with Crippen LogP contribution in [-0.2, 0) is 0 Å². The van der Waals surface area contributed by atoms with Gasteiger partial charge in [0.25, 0.3) is 0 Å². The van der Waals surface area contributed by atoms with Gasteiger partial charge < -0.3 is 4.66 Å². The van der Waals surface area contributed by atoms with Crippen LogP contribution in [0.3, 0.4) is 0 Å². The zero-order valence-corrected chi connectivity index (χ0v) is 13.5. The Bertz CT molecular complexity index is 568. The summed E-state index contributed by atoms with van der Waals surface area (Å²) >= 11 is 0. The minimum absolute atomic E-state index is 0.535. The number of hydrogen-bond donors (Lipinski definition) is 0. The number of benzene rings is 2. The van der Waals surface area contributed by atoms with Gasteiger partial charge in [0, 0.05) is 5.33 Å². The first-order valence-corrected chi connectivity index (χ1v) is 11.2. The highest BCUT2D eigenvalue weighted by molar-refractivity contribution is 6.93. The molecule has 1 nitrogen and oxygen atoms in total. The Morgan fingerprint density at radius 1 is 0.889 bits per heavy atom. The van der Waals surface area contributed by atoms with E-state index in [4.69, 9.17) is 4.66 Å². The maximum absolute atomic E-state index is 4.96. The van der Waals surface area contributed by atoms with E-state index < -0.39 is 17.8 Å². The summed E-state index contributed by atoms with van der Waals surface area (Å²) < 4.78 is 4.96. The quantitative estimate of drug-likeness (QED) is 0.586. The van der Waals surface area contributed by atoms with E-state index in [0.29, 0.717) is 0 Å². The molecule has 0 N–H and O–H groups in total. The Morgan fingerprint density at radius 2 is 1.56 bits per heavy atom. The van der Waals surface area contributed by atoms with Crippen LogP contribution in [0.25, 0.3) is 10.8 Å². The van der Waals surface area contributed by atoms with Crippen LogP contribution in [-0.4, -0.2) is 23.1 Å². The smallest absolute Gasteiger partial charge is 0.189 e. The lowest BCUT2D eigenvalue weighted by atomic mass is 10.1. The molecule has 0 aliphatic carbocycles. The predicted molar refractivity (Wildman–Crippen MR) is 85.4 cm³/mol. The molecule has 0 fully saturated rings. The predicted octanol–water partition coefficient (Wildman–Crippen LogP) is 4.17. The third-order valence-electron chi connectivity index (χ3n) is 2.85. The maximum Gasteiger partial charge on any atom is 0.189 e. The van der Waals surface area contributed by atoms with E-state index in [1.807, 2.05) is 0 Å². The Balaban J connectivity index is 2.65. The lowest BCUT2D eigenvalue weighted by Crippen LogP contribution is -2.22. The van der Waals surface area contributed by atoms with Crippen LogP contribution in [0.15, 0.2) is 47.1 Å². The van der Waals surface area contributed by atoms with Crippen molar-refractivity contribution < 1.29 is 0 Å². The highest BCUT2D eigenvalue weighted by atomic mass is 28.3. The lowest BCUT2D eigenvalue weighted by Gasteiger charge is -2.14. The molecular weight excluding hydrogens is 250 g/mol. The zero-order chi connectivity index (χ0) is 13.1. The molecule has 0 amide bonds. The summed E-state index contributed by atoms with van der Waals surface area (Å²) in [5.41, 5.74) is 1.35. The molecule has 0 bridgehead atoms. The van der Waals surface area contributed by atoms with Crippen molar-refractivity contribution in [3.63, 3.8) is 0 Å². The summed E-state index contributed by atoms with van der Waals surface area (Å²) in [4.78, 5) is 0. The Kier molecular flexibility index (Phi) is 4.14. The number of rotatable bonds is 3. The summed E-state index contributed by atoms with van der Waals surface area (Å²) in [6.07, 6.45) is 0. The maximum atomic E-state index is 4.96. The van der Waals surface area contributed by atoms with Gasteiger partial charge in [0.05, 0.1) is 0 Å². The van der Waals surface area contributed by atoms with Gasteiger partial charge in [-0.3, -0.25) is 0 Å². The van der Waals surface area contributed by atoms with Gasteiger partial charge in [0.1, 0.15) is 8.80 Å². The van der Waals surface area contributed by atoms with Crippen molar-refractivity contribution >= 4 is 33.9 Å². The van der Waals surface area contributed by atoms with Gasteiger partial charge in [-0.05, 0) is 16.3 Å². The Morgan fingerprint density at radius 3 is 2.22 bits per heavy atom. The SMILES string of the molecule is C[Si](C)/N=C(/c1cccc2ccccc12)[Si](C)C. The van der Waals surface area contributed by atoms with Crippen molar-refractivity contribution in [2.45, 2.75) is 26.2 Å². The van der Waals surface area contributed by atoms with E-state index in [-0.39, 0.29) is 0 Å². The average Bonchev–Trinajstić information content (AvgIpc) is 2.35. The van der Waals surface area contributed by atoms with Crippen LogP contribution in [0.2, 0.25) is 26.2 Å². The van der Waals surface area contributed by atoms with Gasteiger partial charge in [0.15, 0.2) is 8.96 Å². The second-order valence-corrected chi connectivity index (χ2v) is 9.53. The van der Waals surface area contributed by atoms with E-state index in [2.05, 4.69) is 68.7 Å². The molecule has 0 aliphatic heterocycles. The van der Waals surface area contributed by atoms with Gasteiger partial charge in [-0.1, -0.05) is 68.7 Å². The summed E-state index contributed by atoms with van der Waals surface area (Å²) in [5.74, 6) is 0. The molecule has 0 heterocycles. The van der Waals surface area contributed by atoms with Crippen LogP contribution >= 0.6 is 0 Å². The largest absolute Gasteiger partial charge is 0.331 e. The molecule has 18 heavy (non-hydrogen) atoms. The molecule has 0 saturated carbocycles. The van der Waals surface area contributed by atoms with Gasteiger partial charge in [0.2, 0.25) is 0 Å². The van der Waals surface area contributed by atoms with E-state index in [1.165, 1.54) is 21.7 Å². The molecule has 0 aromatic heterocycles. The molecule has 0 aliphatic rings. The van der Waals surface area contributed by atoms with Gasteiger partial charge in [-0.15, -0.1) is 0 Å². The van der Waals surface area contributed by atoms with Crippen molar-refractivity contribution in [3.05, 3.63) is 48.0 Å². The standard InChI is InChI=1S/C15H19NSi2/c1-17(2)15(16-18(3)4)14-11-7-9-12-8-5-6-10-13(12)14/h5-11H,1-4H3/b16-15-. The fourth-order valence-corrected chi connectivity index (χ4v) is 4.99. The minimum Gasteiger partial charge on any atom is -0.331 e. The molecule has 2 rings (SSSR count). The van der Waals surface area contributed by atoms with Crippen molar-refractivity contribution in [3.8, 4) is 0 Å². The molecule has 0 saturated heterocycles. The first-order valence-electron chi connectivity index (χ1n) is 6.27. The van der Waals surface area contributed by atoms with E-state index in [9.17, 15) is 0 Å². The average molecular weight is 269 g/mol. The van der Waals surface area contributed by atoms with Crippen molar-refractivity contribution in [2.24, 2.45) is 4.66 Å². The molecule has 0 spiro atoms. The van der Waals surface area contributed by atoms with E-state index >= 15 is 0 Å². The van der Waals surface area contributed by atoms with Crippen molar-refractivity contribution in [2.75, 3.05) is 0 Å². The Labute approximate surface area is 113 Å². The van der Waals surface area contributed by atoms with Crippen LogP contribution in [0.5, 0.6) is 0 Å². The molecule has 2 radical (unpaired) electrons. The third kappa shape index (κ3) is 2.79. The van der Waals surface area contributed by atoms with Crippen molar-refractivity contribution in [1.82, 2.24) is 0 Å². The molecule has 0 unspecified atom stereocenters. The highest BCUT2D eigenvalue weighted by Gasteiger charge is 2.13. The third-order valence-corrected chi connectivity index (χ3v) is 5.08.